The molecule has 1 N–H and O–H groups in total. The molecule has 0 unspecified atom stereocenters. The van der Waals surface area contributed by atoms with Gasteiger partial charge >= 0.3 is 6.03 Å². The van der Waals surface area contributed by atoms with Gasteiger partial charge in [0.15, 0.2) is 0 Å². The van der Waals surface area contributed by atoms with Crippen LogP contribution in [0.15, 0.2) is 36.5 Å². The Morgan fingerprint density at radius 3 is 2.75 bits per heavy atom. The summed E-state index contributed by atoms with van der Waals surface area (Å²) in [5.41, 5.74) is 1.55. The highest BCUT2D eigenvalue weighted by molar-refractivity contribution is 5.74. The van der Waals surface area contributed by atoms with Crippen LogP contribution in [0.3, 0.4) is 0 Å². The molecule has 1 aromatic carbocycles. The summed E-state index contributed by atoms with van der Waals surface area (Å²) in [5.74, 6) is 0.843. The van der Waals surface area contributed by atoms with E-state index in [0.29, 0.717) is 24.6 Å². The Balaban J connectivity index is 1.51. The van der Waals surface area contributed by atoms with Gasteiger partial charge in [-0.3, -0.25) is 0 Å². The molecule has 1 aliphatic rings. The van der Waals surface area contributed by atoms with Crippen molar-refractivity contribution in [3.05, 3.63) is 59.4 Å². The molecule has 0 aliphatic carbocycles. The van der Waals surface area contributed by atoms with Crippen LogP contribution in [0.2, 0.25) is 0 Å². The highest BCUT2D eigenvalue weighted by Crippen LogP contribution is 2.26. The zero-order chi connectivity index (χ0) is 16.9. The number of carbonyl (C=O) groups excluding carboxylic acids is 1. The molecule has 2 amide bonds. The first-order valence-electron chi connectivity index (χ1n) is 8.19. The number of nitrogens with one attached hydrogen (secondary N) is 1. The third-order valence-electron chi connectivity index (χ3n) is 4.39. The Morgan fingerprint density at radius 1 is 1.29 bits per heavy atom. The largest absolute Gasteiger partial charge is 0.334 e. The maximum absolute atomic E-state index is 13.6. The van der Waals surface area contributed by atoms with Gasteiger partial charge in [0.1, 0.15) is 11.6 Å². The Morgan fingerprint density at radius 2 is 2.04 bits per heavy atom. The number of benzene rings is 1. The van der Waals surface area contributed by atoms with Gasteiger partial charge in [-0.05, 0) is 31.9 Å². The second kappa shape index (κ2) is 7.38. The summed E-state index contributed by atoms with van der Waals surface area (Å²) in [6.07, 6.45) is 3.54. The molecule has 2 aromatic rings. The van der Waals surface area contributed by atoms with Crippen molar-refractivity contribution in [2.45, 2.75) is 32.2 Å². The molecule has 1 aromatic heterocycles. The van der Waals surface area contributed by atoms with E-state index in [1.54, 1.807) is 29.3 Å². The van der Waals surface area contributed by atoms with Gasteiger partial charge in [0.05, 0.1) is 0 Å². The number of aromatic nitrogens is 2. The summed E-state index contributed by atoms with van der Waals surface area (Å²) < 4.78 is 13.6. The van der Waals surface area contributed by atoms with Gasteiger partial charge in [0.2, 0.25) is 0 Å². The minimum atomic E-state index is -0.296. The summed E-state index contributed by atoms with van der Waals surface area (Å²) in [6, 6.07) is 8.29. The quantitative estimate of drug-likeness (QED) is 0.942. The van der Waals surface area contributed by atoms with Gasteiger partial charge in [-0.1, -0.05) is 18.2 Å². The van der Waals surface area contributed by atoms with Gasteiger partial charge in [-0.25, -0.2) is 19.2 Å². The van der Waals surface area contributed by atoms with Gasteiger partial charge in [0.25, 0.3) is 0 Å². The molecule has 6 heteroatoms. The number of amides is 2. The van der Waals surface area contributed by atoms with E-state index in [4.69, 9.17) is 0 Å². The number of hydrogen-bond acceptors (Lipinski definition) is 3. The summed E-state index contributed by atoms with van der Waals surface area (Å²) in [5, 5.41) is 2.79. The Bertz CT molecular complexity index is 714. The highest BCUT2D eigenvalue weighted by atomic mass is 19.1. The van der Waals surface area contributed by atoms with E-state index in [1.165, 1.54) is 6.07 Å². The first-order valence-corrected chi connectivity index (χ1v) is 8.19. The van der Waals surface area contributed by atoms with Crippen LogP contribution in [0, 0.1) is 12.7 Å². The zero-order valence-corrected chi connectivity index (χ0v) is 13.7. The molecule has 0 spiro atoms. The van der Waals surface area contributed by atoms with E-state index in [9.17, 15) is 9.18 Å². The molecule has 0 saturated carbocycles. The van der Waals surface area contributed by atoms with Crippen molar-refractivity contribution in [1.82, 2.24) is 20.2 Å². The maximum Gasteiger partial charge on any atom is 0.317 e. The van der Waals surface area contributed by atoms with Gasteiger partial charge in [-0.2, -0.15) is 0 Å². The minimum Gasteiger partial charge on any atom is -0.334 e. The van der Waals surface area contributed by atoms with Crippen LogP contribution in [0.5, 0.6) is 0 Å². The molecule has 0 radical (unpaired) electrons. The number of aryl methyl sites for hydroxylation is 1. The monoisotopic (exact) mass is 328 g/mol. The Kier molecular flexibility index (Phi) is 5.03. The van der Waals surface area contributed by atoms with E-state index < -0.39 is 0 Å². The standard InChI is InChI=1S/C18H21FN4O/c1-13-20-9-6-17(22-13)14-7-10-23(11-8-14)18(24)21-12-15-4-2-3-5-16(15)19/h2-6,9,14H,7-8,10-12H2,1H3,(H,21,24). The van der Waals surface area contributed by atoms with Crippen LogP contribution < -0.4 is 5.32 Å². The van der Waals surface area contributed by atoms with Crippen molar-refractivity contribution < 1.29 is 9.18 Å². The fourth-order valence-corrected chi connectivity index (χ4v) is 3.00. The molecule has 126 valence electrons. The van der Waals surface area contributed by atoms with Crippen molar-refractivity contribution in [2.24, 2.45) is 0 Å². The first kappa shape index (κ1) is 16.4. The fraction of sp³-hybridized carbons (Fsp3) is 0.389. The average molecular weight is 328 g/mol. The topological polar surface area (TPSA) is 58.1 Å². The van der Waals surface area contributed by atoms with Crippen molar-refractivity contribution in [3.63, 3.8) is 0 Å². The molecule has 1 aliphatic heterocycles. The summed E-state index contributed by atoms with van der Waals surface area (Å²) in [7, 11) is 0. The average Bonchev–Trinajstić information content (AvgIpc) is 2.61. The van der Waals surface area contributed by atoms with E-state index in [-0.39, 0.29) is 18.4 Å². The van der Waals surface area contributed by atoms with Crippen LogP contribution >= 0.6 is 0 Å². The van der Waals surface area contributed by atoms with Gasteiger partial charge in [0, 0.05) is 43.0 Å². The highest BCUT2D eigenvalue weighted by Gasteiger charge is 2.24. The number of likely N-dealkylation sites (tertiary alicyclic amines) is 1. The number of nitrogens with zero attached hydrogens (tertiary/aromatic N) is 3. The molecular weight excluding hydrogens is 307 g/mol. The summed E-state index contributed by atoms with van der Waals surface area (Å²) in [6.45, 7) is 3.44. The third-order valence-corrected chi connectivity index (χ3v) is 4.39. The van der Waals surface area contributed by atoms with Crippen LogP contribution in [0.25, 0.3) is 0 Å². The molecular formula is C18H21FN4O. The Labute approximate surface area is 140 Å². The lowest BCUT2D eigenvalue weighted by molar-refractivity contribution is 0.180. The van der Waals surface area contributed by atoms with Crippen molar-refractivity contribution >= 4 is 6.03 Å². The van der Waals surface area contributed by atoms with E-state index in [1.807, 2.05) is 13.0 Å². The molecule has 2 heterocycles. The molecule has 0 bridgehead atoms. The van der Waals surface area contributed by atoms with Gasteiger partial charge in [-0.15, -0.1) is 0 Å². The summed E-state index contributed by atoms with van der Waals surface area (Å²) in [4.78, 5) is 22.6. The number of carbonyl (C=O) groups is 1. The van der Waals surface area contributed by atoms with Crippen LogP contribution in [-0.2, 0) is 6.54 Å². The molecule has 5 nitrogen and oxygen atoms in total. The lowest BCUT2D eigenvalue weighted by atomic mass is 9.93. The molecule has 1 saturated heterocycles. The second-order valence-electron chi connectivity index (χ2n) is 6.04. The number of hydrogen-bond donors (Lipinski definition) is 1. The predicted octanol–water partition coefficient (Wildman–Crippen LogP) is 3.01. The molecule has 24 heavy (non-hydrogen) atoms. The number of halogens is 1. The van der Waals surface area contributed by atoms with Crippen molar-refractivity contribution in [2.75, 3.05) is 13.1 Å². The smallest absolute Gasteiger partial charge is 0.317 e. The lowest BCUT2D eigenvalue weighted by Gasteiger charge is -2.31. The van der Waals surface area contributed by atoms with E-state index >= 15 is 0 Å². The molecule has 0 atom stereocenters. The van der Waals surface area contributed by atoms with Crippen LogP contribution in [0.1, 0.15) is 35.8 Å². The number of rotatable bonds is 3. The van der Waals surface area contributed by atoms with E-state index in [2.05, 4.69) is 15.3 Å². The normalized spacial score (nSPS) is 15.3. The third kappa shape index (κ3) is 3.88. The number of piperidine rings is 1. The first-order chi connectivity index (χ1) is 11.6. The second-order valence-corrected chi connectivity index (χ2v) is 6.04. The molecule has 1 fully saturated rings. The minimum absolute atomic E-state index is 0.143. The van der Waals surface area contributed by atoms with Crippen molar-refractivity contribution in [1.29, 1.82) is 0 Å². The maximum atomic E-state index is 13.6. The predicted molar refractivity (Wildman–Crippen MR) is 89.0 cm³/mol. The van der Waals surface area contributed by atoms with Crippen molar-refractivity contribution in [3.8, 4) is 0 Å². The van der Waals surface area contributed by atoms with Gasteiger partial charge < -0.3 is 10.2 Å². The van der Waals surface area contributed by atoms with E-state index in [0.717, 1.165) is 24.4 Å². The SMILES string of the molecule is Cc1nccc(C2CCN(C(=O)NCc3ccccc3F)CC2)n1. The lowest BCUT2D eigenvalue weighted by Crippen LogP contribution is -2.44. The van der Waals surface area contributed by atoms with Crippen LogP contribution in [-0.4, -0.2) is 34.0 Å². The number of urea groups is 1. The van der Waals surface area contributed by atoms with Crippen LogP contribution in [0.4, 0.5) is 9.18 Å². The zero-order valence-electron chi connectivity index (χ0n) is 13.7. The molecule has 3 rings (SSSR count). The fourth-order valence-electron chi connectivity index (χ4n) is 3.00. The summed E-state index contributed by atoms with van der Waals surface area (Å²) >= 11 is 0. The Hall–Kier alpha value is -2.50.